The Bertz CT molecular complexity index is 118. The monoisotopic (exact) mass is 169 g/mol. The lowest BCUT2D eigenvalue weighted by molar-refractivity contribution is 0.303. The molecule has 0 aromatic heterocycles. The van der Waals surface area contributed by atoms with Crippen LogP contribution in [-0.4, -0.2) is 25.0 Å². The van der Waals surface area contributed by atoms with Crippen molar-refractivity contribution in [2.24, 2.45) is 5.92 Å². The number of rotatable bonds is 2. The molecule has 1 rings (SSSR count). The summed E-state index contributed by atoms with van der Waals surface area (Å²) in [5.41, 5.74) is 0. The maximum Gasteiger partial charge on any atom is 0.0160 e. The fourth-order valence-electron chi connectivity index (χ4n) is 1.53. The average molecular weight is 169 g/mol. The van der Waals surface area contributed by atoms with Crippen LogP contribution < -0.4 is 0 Å². The van der Waals surface area contributed by atoms with E-state index in [9.17, 15) is 0 Å². The molecule has 0 aromatic rings. The molecular formula is C11H23N. The van der Waals surface area contributed by atoms with Crippen molar-refractivity contribution < 1.29 is 0 Å². The zero-order valence-electron chi connectivity index (χ0n) is 9.01. The van der Waals surface area contributed by atoms with Gasteiger partial charge in [0.15, 0.2) is 0 Å². The van der Waals surface area contributed by atoms with Gasteiger partial charge >= 0.3 is 0 Å². The van der Waals surface area contributed by atoms with Crippen LogP contribution in [0.15, 0.2) is 12.2 Å². The lowest BCUT2D eigenvalue weighted by Crippen LogP contribution is -2.28. The van der Waals surface area contributed by atoms with Crippen LogP contribution in [0.2, 0.25) is 0 Å². The Hall–Kier alpha value is -0.300. The molecule has 12 heavy (non-hydrogen) atoms. The van der Waals surface area contributed by atoms with Crippen molar-refractivity contribution in [1.29, 1.82) is 0 Å². The van der Waals surface area contributed by atoms with Gasteiger partial charge in [-0.3, -0.25) is 0 Å². The fraction of sp³-hybridized carbons (Fsp3) is 0.818. The van der Waals surface area contributed by atoms with Crippen molar-refractivity contribution in [3.05, 3.63) is 12.2 Å². The number of hydrogen-bond donors (Lipinski definition) is 0. The summed E-state index contributed by atoms with van der Waals surface area (Å²) in [5, 5.41) is 0. The molecule has 1 unspecified atom stereocenters. The second kappa shape index (κ2) is 7.35. The minimum Gasteiger partial charge on any atom is -0.302 e. The van der Waals surface area contributed by atoms with Gasteiger partial charge in [-0.15, -0.1) is 0 Å². The van der Waals surface area contributed by atoms with E-state index in [4.69, 9.17) is 0 Å². The smallest absolute Gasteiger partial charge is 0.0160 e. The predicted molar refractivity (Wildman–Crippen MR) is 56.4 cm³/mol. The van der Waals surface area contributed by atoms with Crippen LogP contribution in [-0.2, 0) is 0 Å². The van der Waals surface area contributed by atoms with Gasteiger partial charge in [-0.1, -0.05) is 39.3 Å². The summed E-state index contributed by atoms with van der Waals surface area (Å²) in [5.74, 6) is 0.823. The van der Waals surface area contributed by atoms with Crippen molar-refractivity contribution >= 4 is 0 Å². The zero-order valence-corrected chi connectivity index (χ0v) is 9.01. The van der Waals surface area contributed by atoms with Crippen LogP contribution in [0.25, 0.3) is 0 Å². The molecule has 1 aliphatic heterocycles. The molecule has 0 aliphatic carbocycles. The Kier molecular flexibility index (Phi) is 7.17. The molecular weight excluding hydrogens is 146 g/mol. The lowest BCUT2D eigenvalue weighted by Gasteiger charge is -2.24. The van der Waals surface area contributed by atoms with E-state index in [1.54, 1.807) is 0 Å². The van der Waals surface area contributed by atoms with Gasteiger partial charge in [0.25, 0.3) is 0 Å². The van der Waals surface area contributed by atoms with Gasteiger partial charge in [0.1, 0.15) is 0 Å². The average Bonchev–Trinajstić information content (AvgIpc) is 2.09. The lowest BCUT2D eigenvalue weighted by atomic mass is 10.0. The number of hydrogen-bond acceptors (Lipinski definition) is 1. The van der Waals surface area contributed by atoms with Crippen molar-refractivity contribution in [2.45, 2.75) is 33.6 Å². The second-order valence-corrected chi connectivity index (χ2v) is 3.20. The Balaban J connectivity index is 0.000000561. The summed E-state index contributed by atoms with van der Waals surface area (Å²) in [6.45, 7) is 8.65. The molecule has 0 spiro atoms. The van der Waals surface area contributed by atoms with Crippen LogP contribution >= 0.6 is 0 Å². The molecule has 1 atom stereocenters. The van der Waals surface area contributed by atoms with E-state index in [0.29, 0.717) is 0 Å². The van der Waals surface area contributed by atoms with Crippen LogP contribution in [0, 0.1) is 5.92 Å². The largest absolute Gasteiger partial charge is 0.302 e. The van der Waals surface area contributed by atoms with Crippen LogP contribution in [0.4, 0.5) is 0 Å². The van der Waals surface area contributed by atoms with Gasteiger partial charge in [-0.2, -0.15) is 0 Å². The van der Waals surface area contributed by atoms with Crippen LogP contribution in [0.3, 0.4) is 0 Å². The minimum atomic E-state index is 0.823. The Morgan fingerprint density at radius 1 is 1.42 bits per heavy atom. The summed E-state index contributed by atoms with van der Waals surface area (Å²) < 4.78 is 0. The summed E-state index contributed by atoms with van der Waals surface area (Å²) in [6, 6.07) is 0. The quantitative estimate of drug-likeness (QED) is 0.574. The SMILES string of the molecule is CC.CCCC1C=CCN(C)C1. The van der Waals surface area contributed by atoms with Gasteiger partial charge in [0.2, 0.25) is 0 Å². The van der Waals surface area contributed by atoms with Gasteiger partial charge < -0.3 is 4.90 Å². The molecule has 1 heteroatoms. The van der Waals surface area contributed by atoms with E-state index in [1.165, 1.54) is 19.4 Å². The third-order valence-corrected chi connectivity index (χ3v) is 2.03. The summed E-state index contributed by atoms with van der Waals surface area (Å²) in [4.78, 5) is 2.38. The van der Waals surface area contributed by atoms with Crippen molar-refractivity contribution in [1.82, 2.24) is 4.90 Å². The highest BCUT2D eigenvalue weighted by Gasteiger charge is 2.09. The standard InChI is InChI=1S/C9H17N.C2H6/c1-3-5-9-6-4-7-10(2)8-9;1-2/h4,6,9H,3,5,7-8H2,1-2H3;1-2H3. The van der Waals surface area contributed by atoms with Crippen molar-refractivity contribution in [2.75, 3.05) is 20.1 Å². The first-order valence-electron chi connectivity index (χ1n) is 5.18. The summed E-state index contributed by atoms with van der Waals surface area (Å²) in [7, 11) is 2.19. The Morgan fingerprint density at radius 2 is 2.08 bits per heavy atom. The molecule has 1 heterocycles. The Morgan fingerprint density at radius 3 is 2.58 bits per heavy atom. The van der Waals surface area contributed by atoms with Crippen molar-refractivity contribution in [3.8, 4) is 0 Å². The molecule has 1 nitrogen and oxygen atoms in total. The molecule has 72 valence electrons. The Labute approximate surface area is 77.5 Å². The molecule has 1 aliphatic rings. The highest BCUT2D eigenvalue weighted by molar-refractivity contribution is 4.95. The predicted octanol–water partition coefficient (Wildman–Crippen LogP) is 2.93. The zero-order chi connectivity index (χ0) is 9.40. The van der Waals surface area contributed by atoms with Gasteiger partial charge in [0, 0.05) is 13.1 Å². The van der Waals surface area contributed by atoms with E-state index < -0.39 is 0 Å². The third kappa shape index (κ3) is 4.55. The molecule has 0 bridgehead atoms. The minimum absolute atomic E-state index is 0.823. The van der Waals surface area contributed by atoms with E-state index in [0.717, 1.165) is 12.5 Å². The maximum atomic E-state index is 2.38. The molecule has 0 N–H and O–H groups in total. The topological polar surface area (TPSA) is 3.24 Å². The van der Waals surface area contributed by atoms with Crippen LogP contribution in [0.5, 0.6) is 0 Å². The normalized spacial score (nSPS) is 23.2. The molecule has 0 amide bonds. The number of nitrogens with zero attached hydrogens (tertiary/aromatic N) is 1. The van der Waals surface area contributed by atoms with Gasteiger partial charge in [-0.25, -0.2) is 0 Å². The first-order chi connectivity index (χ1) is 5.83. The highest BCUT2D eigenvalue weighted by Crippen LogP contribution is 2.12. The van der Waals surface area contributed by atoms with Crippen molar-refractivity contribution in [3.63, 3.8) is 0 Å². The van der Waals surface area contributed by atoms with Crippen LogP contribution in [0.1, 0.15) is 33.6 Å². The van der Waals surface area contributed by atoms with E-state index in [-0.39, 0.29) is 0 Å². The van der Waals surface area contributed by atoms with E-state index in [2.05, 4.69) is 31.0 Å². The van der Waals surface area contributed by atoms with E-state index in [1.807, 2.05) is 13.8 Å². The maximum absolute atomic E-state index is 2.38. The molecule has 0 saturated carbocycles. The van der Waals surface area contributed by atoms with Gasteiger partial charge in [-0.05, 0) is 19.4 Å². The third-order valence-electron chi connectivity index (χ3n) is 2.03. The first-order valence-corrected chi connectivity index (χ1v) is 5.18. The number of likely N-dealkylation sites (N-methyl/N-ethyl adjacent to an activating group) is 1. The molecule has 0 radical (unpaired) electrons. The molecule has 0 saturated heterocycles. The second-order valence-electron chi connectivity index (χ2n) is 3.20. The first kappa shape index (κ1) is 11.7. The summed E-state index contributed by atoms with van der Waals surface area (Å²) >= 11 is 0. The summed E-state index contributed by atoms with van der Waals surface area (Å²) in [6.07, 6.45) is 7.30. The molecule has 0 fully saturated rings. The highest BCUT2D eigenvalue weighted by atomic mass is 15.1. The van der Waals surface area contributed by atoms with Gasteiger partial charge in [0.05, 0.1) is 0 Å². The fourth-order valence-corrected chi connectivity index (χ4v) is 1.53. The molecule has 0 aromatic carbocycles. The van der Waals surface area contributed by atoms with E-state index >= 15 is 0 Å².